The second-order valence-electron chi connectivity index (χ2n) is 6.61. The minimum atomic E-state index is -0.879. The Bertz CT molecular complexity index is 954. The Morgan fingerprint density at radius 1 is 1.21 bits per heavy atom. The minimum absolute atomic E-state index is 0.0140. The Kier molecular flexibility index (Phi) is 7.06. The Balaban J connectivity index is 1.60. The van der Waals surface area contributed by atoms with Crippen LogP contribution in [0.4, 0.5) is 0 Å². The predicted molar refractivity (Wildman–Crippen MR) is 119 cm³/mol. The third kappa shape index (κ3) is 5.68. The molecule has 1 aliphatic rings. The van der Waals surface area contributed by atoms with Gasteiger partial charge in [0.2, 0.25) is 0 Å². The van der Waals surface area contributed by atoms with Crippen LogP contribution in [-0.2, 0) is 16.2 Å². The van der Waals surface area contributed by atoms with E-state index in [4.69, 9.17) is 22.1 Å². The molecule has 1 amide bonds. The third-order valence-electron chi connectivity index (χ3n) is 4.48. The van der Waals surface area contributed by atoms with Gasteiger partial charge in [-0.3, -0.25) is 14.5 Å². The molecule has 2 aromatic rings. The maximum Gasteiger partial charge on any atom is 0.303 e. The quantitative estimate of drug-likeness (QED) is 0.489. The number of carboxylic acids is 1. The molecule has 0 radical (unpaired) electrons. The zero-order valence-corrected chi connectivity index (χ0v) is 17.6. The molecule has 0 atom stereocenters. The van der Waals surface area contributed by atoms with Crippen LogP contribution in [0.2, 0.25) is 0 Å². The number of aryl methyl sites for hydroxylation is 1. The summed E-state index contributed by atoms with van der Waals surface area (Å²) in [5.74, 6) is -0.299. The number of carboxylic acid groups (broad SMARTS) is 1. The van der Waals surface area contributed by atoms with Gasteiger partial charge in [0, 0.05) is 13.0 Å². The van der Waals surface area contributed by atoms with Crippen LogP contribution in [0, 0.1) is 6.92 Å². The lowest BCUT2D eigenvalue weighted by Crippen LogP contribution is -2.29. The maximum atomic E-state index is 12.5. The molecule has 0 spiro atoms. The highest BCUT2D eigenvalue weighted by Crippen LogP contribution is 2.33. The van der Waals surface area contributed by atoms with Crippen LogP contribution < -0.4 is 4.74 Å². The molecule has 1 N–H and O–H groups in total. The van der Waals surface area contributed by atoms with E-state index in [0.717, 1.165) is 16.9 Å². The van der Waals surface area contributed by atoms with E-state index in [1.54, 1.807) is 6.08 Å². The largest absolute Gasteiger partial charge is 0.489 e. The van der Waals surface area contributed by atoms with Crippen molar-refractivity contribution < 1.29 is 19.4 Å². The molecule has 1 heterocycles. The maximum absolute atomic E-state index is 12.5. The number of rotatable bonds is 8. The number of hydrogen-bond donors (Lipinski definition) is 1. The van der Waals surface area contributed by atoms with E-state index in [2.05, 4.69) is 13.0 Å². The summed E-state index contributed by atoms with van der Waals surface area (Å²) in [4.78, 5) is 25.2. The predicted octanol–water partition coefficient (Wildman–Crippen LogP) is 4.64. The third-order valence-corrected chi connectivity index (χ3v) is 5.86. The number of aliphatic carboxylic acids is 1. The van der Waals surface area contributed by atoms with Gasteiger partial charge in [-0.25, -0.2) is 0 Å². The van der Waals surface area contributed by atoms with Crippen molar-refractivity contribution in [2.45, 2.75) is 26.4 Å². The van der Waals surface area contributed by atoms with Crippen LogP contribution in [-0.4, -0.2) is 32.7 Å². The average molecular weight is 428 g/mol. The highest BCUT2D eigenvalue weighted by molar-refractivity contribution is 8.26. The Labute approximate surface area is 179 Å². The molecule has 0 unspecified atom stereocenters. The molecular weight excluding hydrogens is 406 g/mol. The van der Waals surface area contributed by atoms with Gasteiger partial charge in [-0.05, 0) is 48.2 Å². The van der Waals surface area contributed by atoms with Gasteiger partial charge >= 0.3 is 5.97 Å². The number of thioether (sulfide) groups is 1. The summed E-state index contributed by atoms with van der Waals surface area (Å²) in [7, 11) is 0. The first-order valence-corrected chi connectivity index (χ1v) is 10.4. The van der Waals surface area contributed by atoms with Gasteiger partial charge in [-0.15, -0.1) is 0 Å². The van der Waals surface area contributed by atoms with E-state index in [1.807, 2.05) is 42.5 Å². The molecule has 3 rings (SSSR count). The minimum Gasteiger partial charge on any atom is -0.489 e. The van der Waals surface area contributed by atoms with E-state index in [-0.39, 0.29) is 12.3 Å². The molecule has 5 nitrogen and oxygen atoms in total. The van der Waals surface area contributed by atoms with Gasteiger partial charge in [0.25, 0.3) is 5.91 Å². The van der Waals surface area contributed by atoms with Gasteiger partial charge in [-0.2, -0.15) is 0 Å². The van der Waals surface area contributed by atoms with Crippen molar-refractivity contribution in [2.24, 2.45) is 0 Å². The van der Waals surface area contributed by atoms with Crippen LogP contribution in [0.25, 0.3) is 6.08 Å². The molecule has 0 aromatic heterocycles. The Hall–Kier alpha value is -2.64. The summed E-state index contributed by atoms with van der Waals surface area (Å²) in [5, 5.41) is 8.74. The first-order valence-electron chi connectivity index (χ1n) is 9.18. The summed E-state index contributed by atoms with van der Waals surface area (Å²) in [6.45, 7) is 2.88. The monoisotopic (exact) mass is 427 g/mol. The van der Waals surface area contributed by atoms with Crippen LogP contribution in [0.3, 0.4) is 0 Å². The summed E-state index contributed by atoms with van der Waals surface area (Å²) in [5.41, 5.74) is 3.21. The van der Waals surface area contributed by atoms with Crippen molar-refractivity contribution in [3.05, 3.63) is 70.1 Å². The first kappa shape index (κ1) is 21.1. The van der Waals surface area contributed by atoms with E-state index >= 15 is 0 Å². The van der Waals surface area contributed by atoms with Crippen LogP contribution in [0.5, 0.6) is 5.75 Å². The SMILES string of the molecule is Cc1ccccc1COc1ccc(C=C2SC(=S)N(CCCC(=O)O)C2=O)cc1. The van der Waals surface area contributed by atoms with Crippen molar-refractivity contribution in [3.8, 4) is 5.75 Å². The van der Waals surface area contributed by atoms with Gasteiger partial charge in [0.15, 0.2) is 0 Å². The molecule has 0 saturated carbocycles. The average Bonchev–Trinajstić information content (AvgIpc) is 2.95. The van der Waals surface area contributed by atoms with Gasteiger partial charge < -0.3 is 9.84 Å². The molecule has 0 aliphatic carbocycles. The fraction of sp³-hybridized carbons (Fsp3) is 0.227. The van der Waals surface area contributed by atoms with E-state index in [0.29, 0.717) is 28.8 Å². The number of hydrogen-bond acceptors (Lipinski definition) is 5. The van der Waals surface area contributed by atoms with E-state index < -0.39 is 5.97 Å². The number of carbonyl (C=O) groups is 2. The Morgan fingerprint density at radius 2 is 1.93 bits per heavy atom. The topological polar surface area (TPSA) is 66.8 Å². The van der Waals surface area contributed by atoms with E-state index in [9.17, 15) is 9.59 Å². The van der Waals surface area contributed by atoms with Crippen LogP contribution in [0.15, 0.2) is 53.4 Å². The Morgan fingerprint density at radius 3 is 2.62 bits per heavy atom. The molecule has 150 valence electrons. The van der Waals surface area contributed by atoms with Crippen LogP contribution in [0.1, 0.15) is 29.5 Å². The zero-order chi connectivity index (χ0) is 20.8. The van der Waals surface area contributed by atoms with Crippen molar-refractivity contribution in [2.75, 3.05) is 6.54 Å². The lowest BCUT2D eigenvalue weighted by atomic mass is 10.1. The number of carbonyl (C=O) groups excluding carboxylic acids is 1. The first-order chi connectivity index (χ1) is 13.9. The zero-order valence-electron chi connectivity index (χ0n) is 16.0. The molecule has 2 aromatic carbocycles. The molecule has 1 saturated heterocycles. The van der Waals surface area contributed by atoms with Crippen molar-refractivity contribution in [1.29, 1.82) is 0 Å². The number of ether oxygens (including phenoxy) is 1. The second kappa shape index (κ2) is 9.71. The molecule has 0 bridgehead atoms. The number of amides is 1. The summed E-state index contributed by atoms with van der Waals surface area (Å²) < 4.78 is 6.31. The number of nitrogens with zero attached hydrogens (tertiary/aromatic N) is 1. The highest BCUT2D eigenvalue weighted by Gasteiger charge is 2.31. The lowest BCUT2D eigenvalue weighted by Gasteiger charge is -2.13. The smallest absolute Gasteiger partial charge is 0.303 e. The van der Waals surface area contributed by atoms with Gasteiger partial charge in [0.1, 0.15) is 16.7 Å². The van der Waals surface area contributed by atoms with Crippen molar-refractivity contribution >= 4 is 46.3 Å². The molecule has 7 heteroatoms. The molecule has 1 fully saturated rings. The lowest BCUT2D eigenvalue weighted by molar-refractivity contribution is -0.137. The number of benzene rings is 2. The fourth-order valence-electron chi connectivity index (χ4n) is 2.83. The standard InChI is InChI=1S/C22H21NO4S2/c1-15-5-2-3-6-17(15)14-27-18-10-8-16(9-11-18)13-19-21(26)23(22(28)29-19)12-4-7-20(24)25/h2-3,5-6,8-11,13H,4,7,12,14H2,1H3,(H,24,25). The second-order valence-corrected chi connectivity index (χ2v) is 8.29. The molecule has 1 aliphatic heterocycles. The van der Waals surface area contributed by atoms with Gasteiger partial charge in [-0.1, -0.05) is 60.4 Å². The van der Waals surface area contributed by atoms with Crippen LogP contribution >= 0.6 is 24.0 Å². The van der Waals surface area contributed by atoms with Gasteiger partial charge in [0.05, 0.1) is 4.91 Å². The number of thiocarbonyl (C=S) groups is 1. The van der Waals surface area contributed by atoms with E-state index in [1.165, 1.54) is 22.2 Å². The fourth-order valence-corrected chi connectivity index (χ4v) is 4.13. The summed E-state index contributed by atoms with van der Waals surface area (Å²) >= 11 is 6.50. The molecular formula is C22H21NO4S2. The molecule has 29 heavy (non-hydrogen) atoms. The van der Waals surface area contributed by atoms with Crippen molar-refractivity contribution in [3.63, 3.8) is 0 Å². The van der Waals surface area contributed by atoms with Crippen molar-refractivity contribution in [1.82, 2.24) is 4.90 Å². The normalized spacial score (nSPS) is 15.2. The summed E-state index contributed by atoms with van der Waals surface area (Å²) in [6.07, 6.45) is 2.18. The highest BCUT2D eigenvalue weighted by atomic mass is 32.2. The summed E-state index contributed by atoms with van der Waals surface area (Å²) in [6, 6.07) is 15.6.